The predicted molar refractivity (Wildman–Crippen MR) is 113 cm³/mol. The van der Waals surface area contributed by atoms with E-state index in [-0.39, 0.29) is 0 Å². The molecule has 1 atom stereocenters. The highest BCUT2D eigenvalue weighted by molar-refractivity contribution is 5.62. The minimum absolute atomic E-state index is 0.688. The minimum atomic E-state index is 0.688. The Morgan fingerprint density at radius 1 is 0.640 bits per heavy atom. The third-order valence-corrected chi connectivity index (χ3v) is 5.77. The highest BCUT2D eigenvalue weighted by atomic mass is 14.2. The molecule has 0 fully saturated rings. The van der Waals surface area contributed by atoms with Gasteiger partial charge in [0.15, 0.2) is 0 Å². The molecule has 0 saturated carbocycles. The Morgan fingerprint density at radius 2 is 1.16 bits per heavy atom. The van der Waals surface area contributed by atoms with Gasteiger partial charge in [-0.15, -0.1) is 0 Å². The van der Waals surface area contributed by atoms with Gasteiger partial charge in [0.25, 0.3) is 0 Å². The number of fused-ring (bicyclic) bond motifs is 1. The van der Waals surface area contributed by atoms with Crippen LogP contribution in [0.25, 0.3) is 6.08 Å². The summed E-state index contributed by atoms with van der Waals surface area (Å²) in [5.74, 6) is 0.688. The van der Waals surface area contributed by atoms with Crippen LogP contribution in [0.5, 0.6) is 0 Å². The minimum Gasteiger partial charge on any atom is -0.0764 e. The lowest BCUT2D eigenvalue weighted by Gasteiger charge is -2.10. The maximum Gasteiger partial charge on any atom is 0.00272 e. The maximum atomic E-state index is 2.41. The van der Waals surface area contributed by atoms with Crippen LogP contribution in [0.1, 0.15) is 120 Å². The van der Waals surface area contributed by atoms with E-state index in [9.17, 15) is 0 Å². The summed E-state index contributed by atoms with van der Waals surface area (Å²) in [7, 11) is 0. The molecule has 0 bridgehead atoms. The fraction of sp³-hybridized carbons (Fsp3) is 0.680. The lowest BCUT2D eigenvalue weighted by molar-refractivity contribution is 0.529. The summed E-state index contributed by atoms with van der Waals surface area (Å²) in [6.45, 7) is 2.30. The molecular weight excluding hydrogens is 300 g/mol. The van der Waals surface area contributed by atoms with Crippen molar-refractivity contribution < 1.29 is 0 Å². The Bertz CT molecular complexity index is 471. The molecule has 0 saturated heterocycles. The van der Waals surface area contributed by atoms with Crippen LogP contribution in [0, 0.1) is 0 Å². The molecule has 1 aliphatic carbocycles. The first-order valence-electron chi connectivity index (χ1n) is 11.2. The van der Waals surface area contributed by atoms with Crippen molar-refractivity contribution in [3.63, 3.8) is 0 Å². The molecule has 0 aromatic heterocycles. The van der Waals surface area contributed by atoms with Gasteiger partial charge in [0.05, 0.1) is 0 Å². The van der Waals surface area contributed by atoms with Crippen LogP contribution < -0.4 is 0 Å². The second kappa shape index (κ2) is 13.2. The summed E-state index contributed by atoms with van der Waals surface area (Å²) >= 11 is 0. The third kappa shape index (κ3) is 8.25. The lowest BCUT2D eigenvalue weighted by Crippen LogP contribution is -1.93. The van der Waals surface area contributed by atoms with Gasteiger partial charge in [-0.3, -0.25) is 0 Å². The molecule has 1 unspecified atom stereocenters. The fourth-order valence-corrected chi connectivity index (χ4v) is 4.13. The number of hydrogen-bond acceptors (Lipinski definition) is 0. The van der Waals surface area contributed by atoms with E-state index in [0.29, 0.717) is 5.92 Å². The second-order valence-corrected chi connectivity index (χ2v) is 7.98. The molecule has 0 radical (unpaired) electrons. The Balaban J connectivity index is 1.35. The van der Waals surface area contributed by atoms with E-state index in [2.05, 4.69) is 43.3 Å². The van der Waals surface area contributed by atoms with Gasteiger partial charge in [-0.2, -0.15) is 0 Å². The van der Waals surface area contributed by atoms with Crippen LogP contribution in [0.15, 0.2) is 30.3 Å². The van der Waals surface area contributed by atoms with Gasteiger partial charge in [0.2, 0.25) is 0 Å². The van der Waals surface area contributed by atoms with Crippen molar-refractivity contribution in [3.05, 3.63) is 41.5 Å². The van der Waals surface area contributed by atoms with Crippen LogP contribution >= 0.6 is 0 Å². The van der Waals surface area contributed by atoms with Crippen LogP contribution in [-0.2, 0) is 0 Å². The van der Waals surface area contributed by atoms with Crippen LogP contribution in [0.3, 0.4) is 0 Å². The van der Waals surface area contributed by atoms with Crippen molar-refractivity contribution in [2.45, 2.75) is 109 Å². The largest absolute Gasteiger partial charge is 0.0764 e. The quantitative estimate of drug-likeness (QED) is 0.280. The highest BCUT2D eigenvalue weighted by Gasteiger charge is 2.15. The molecule has 0 N–H and O–H groups in total. The molecule has 0 amide bonds. The molecule has 1 aromatic carbocycles. The predicted octanol–water partition coefficient (Wildman–Crippen LogP) is 8.67. The summed E-state index contributed by atoms with van der Waals surface area (Å²) < 4.78 is 0. The van der Waals surface area contributed by atoms with Crippen molar-refractivity contribution in [3.8, 4) is 0 Å². The molecule has 0 spiro atoms. The Hall–Kier alpha value is -1.04. The molecule has 0 heterocycles. The number of allylic oxidation sites excluding steroid dienone is 1. The highest BCUT2D eigenvalue weighted by Crippen LogP contribution is 2.33. The van der Waals surface area contributed by atoms with Gasteiger partial charge in [-0.1, -0.05) is 133 Å². The van der Waals surface area contributed by atoms with Gasteiger partial charge in [-0.25, -0.2) is 0 Å². The van der Waals surface area contributed by atoms with Gasteiger partial charge in [0, 0.05) is 5.92 Å². The normalized spacial score (nSPS) is 15.6. The van der Waals surface area contributed by atoms with E-state index < -0.39 is 0 Å². The van der Waals surface area contributed by atoms with E-state index >= 15 is 0 Å². The van der Waals surface area contributed by atoms with Crippen molar-refractivity contribution in [2.75, 3.05) is 0 Å². The van der Waals surface area contributed by atoms with E-state index in [4.69, 9.17) is 0 Å². The molecule has 1 aliphatic rings. The first kappa shape index (κ1) is 20.3. The van der Waals surface area contributed by atoms with Gasteiger partial charge in [-0.05, 0) is 17.5 Å². The number of rotatable bonds is 15. The first-order chi connectivity index (χ1) is 12.4. The van der Waals surface area contributed by atoms with Gasteiger partial charge < -0.3 is 0 Å². The summed E-state index contributed by atoms with van der Waals surface area (Å²) in [6, 6.07) is 8.89. The monoisotopic (exact) mass is 340 g/mol. The van der Waals surface area contributed by atoms with Crippen molar-refractivity contribution in [1.82, 2.24) is 0 Å². The molecular formula is C25H40. The molecule has 140 valence electrons. The van der Waals surface area contributed by atoms with Crippen molar-refractivity contribution >= 4 is 6.08 Å². The molecule has 1 aromatic rings. The zero-order valence-corrected chi connectivity index (χ0v) is 16.6. The standard InChI is InChI=1S/C25H40/c1-2-3-4-5-6-7-8-9-10-11-12-13-14-15-18-23-21-22-24-19-16-17-20-25(23)24/h16-17,19-23H,2-15,18H2,1H3. The van der Waals surface area contributed by atoms with E-state index in [0.717, 1.165) is 0 Å². The van der Waals surface area contributed by atoms with Crippen LogP contribution in [-0.4, -0.2) is 0 Å². The average Bonchev–Trinajstić information content (AvgIpc) is 3.05. The van der Waals surface area contributed by atoms with E-state index in [1.165, 1.54) is 102 Å². The Morgan fingerprint density at radius 3 is 1.76 bits per heavy atom. The Kier molecular flexibility index (Phi) is 10.7. The maximum absolute atomic E-state index is 2.41. The zero-order valence-electron chi connectivity index (χ0n) is 16.6. The first-order valence-corrected chi connectivity index (χ1v) is 11.2. The van der Waals surface area contributed by atoms with Crippen LogP contribution in [0.2, 0.25) is 0 Å². The van der Waals surface area contributed by atoms with Gasteiger partial charge >= 0.3 is 0 Å². The summed E-state index contributed by atoms with van der Waals surface area (Å²) in [5.41, 5.74) is 3.00. The fourth-order valence-electron chi connectivity index (χ4n) is 4.13. The lowest BCUT2D eigenvalue weighted by atomic mass is 9.94. The van der Waals surface area contributed by atoms with Crippen molar-refractivity contribution in [2.24, 2.45) is 0 Å². The van der Waals surface area contributed by atoms with Crippen LogP contribution in [0.4, 0.5) is 0 Å². The summed E-state index contributed by atoms with van der Waals surface area (Å²) in [5, 5.41) is 0. The smallest absolute Gasteiger partial charge is 0.00272 e. The zero-order chi connectivity index (χ0) is 17.6. The number of unbranched alkanes of at least 4 members (excludes halogenated alkanes) is 13. The third-order valence-electron chi connectivity index (χ3n) is 5.77. The molecule has 0 heteroatoms. The second-order valence-electron chi connectivity index (χ2n) is 7.98. The van der Waals surface area contributed by atoms with Crippen molar-refractivity contribution in [1.29, 1.82) is 0 Å². The summed E-state index contributed by atoms with van der Waals surface area (Å²) in [6.07, 6.45) is 26.3. The number of benzene rings is 1. The SMILES string of the molecule is CCCCCCCCCCCCCCCCC1C=Cc2ccccc21. The summed E-state index contributed by atoms with van der Waals surface area (Å²) in [4.78, 5) is 0. The van der Waals surface area contributed by atoms with Gasteiger partial charge in [0.1, 0.15) is 0 Å². The molecule has 0 aliphatic heterocycles. The van der Waals surface area contributed by atoms with E-state index in [1.54, 1.807) is 5.56 Å². The van der Waals surface area contributed by atoms with E-state index in [1.807, 2.05) is 0 Å². The average molecular weight is 341 g/mol. The molecule has 2 rings (SSSR count). The number of hydrogen-bond donors (Lipinski definition) is 0. The topological polar surface area (TPSA) is 0 Å². The Labute approximate surface area is 157 Å². The molecule has 0 nitrogen and oxygen atoms in total. The molecule has 25 heavy (non-hydrogen) atoms.